The summed E-state index contributed by atoms with van der Waals surface area (Å²) in [5.74, 6) is 0.147. The molecule has 0 aromatic heterocycles. The van der Waals surface area contributed by atoms with Crippen LogP contribution in [0.5, 0.6) is 0 Å². The third kappa shape index (κ3) is 3.38. The van der Waals surface area contributed by atoms with Gasteiger partial charge < -0.3 is 4.90 Å². The van der Waals surface area contributed by atoms with E-state index in [0.29, 0.717) is 4.43 Å². The lowest BCUT2D eigenvalue weighted by molar-refractivity contribution is -0.126. The fourth-order valence-electron chi connectivity index (χ4n) is 0.955. The van der Waals surface area contributed by atoms with Gasteiger partial charge in [0.25, 0.3) is 0 Å². The van der Waals surface area contributed by atoms with Crippen molar-refractivity contribution in [2.75, 3.05) is 11.0 Å². The molecule has 0 spiro atoms. The van der Waals surface area contributed by atoms with Crippen molar-refractivity contribution in [3.8, 4) is 0 Å². The SMILES string of the molecule is C=C/C=C(\C)N(CC)C(=O)CI. The van der Waals surface area contributed by atoms with Crippen molar-refractivity contribution < 1.29 is 4.79 Å². The first-order valence-electron chi connectivity index (χ1n) is 3.83. The predicted octanol–water partition coefficient (Wildman–Crippen LogP) is 2.36. The van der Waals surface area contributed by atoms with Crippen molar-refractivity contribution in [3.63, 3.8) is 0 Å². The number of amides is 1. The molecule has 0 fully saturated rings. The molecule has 3 heteroatoms. The summed E-state index contributed by atoms with van der Waals surface area (Å²) in [5, 5.41) is 0. The molecular formula is C9H14INO. The first-order valence-corrected chi connectivity index (χ1v) is 5.35. The topological polar surface area (TPSA) is 20.3 Å². The van der Waals surface area contributed by atoms with Gasteiger partial charge in [-0.1, -0.05) is 35.2 Å². The third-order valence-electron chi connectivity index (χ3n) is 1.52. The summed E-state index contributed by atoms with van der Waals surface area (Å²) >= 11 is 2.07. The lowest BCUT2D eigenvalue weighted by Crippen LogP contribution is -2.29. The minimum atomic E-state index is 0.147. The summed E-state index contributed by atoms with van der Waals surface area (Å²) in [6.45, 7) is 8.18. The van der Waals surface area contributed by atoms with Gasteiger partial charge in [0, 0.05) is 12.2 Å². The van der Waals surface area contributed by atoms with Gasteiger partial charge >= 0.3 is 0 Å². The second-order valence-electron chi connectivity index (χ2n) is 2.32. The number of halogens is 1. The number of nitrogens with zero attached hydrogens (tertiary/aromatic N) is 1. The van der Waals surface area contributed by atoms with E-state index < -0.39 is 0 Å². The van der Waals surface area contributed by atoms with Gasteiger partial charge in [-0.25, -0.2) is 0 Å². The van der Waals surface area contributed by atoms with E-state index >= 15 is 0 Å². The van der Waals surface area contributed by atoms with Crippen LogP contribution in [-0.2, 0) is 4.79 Å². The normalized spacial score (nSPS) is 11.1. The van der Waals surface area contributed by atoms with Gasteiger partial charge in [-0.15, -0.1) is 0 Å². The Morgan fingerprint density at radius 1 is 1.67 bits per heavy atom. The molecule has 0 bridgehead atoms. The van der Waals surface area contributed by atoms with Gasteiger partial charge in [0.05, 0.1) is 4.43 Å². The molecule has 0 aromatic rings. The Balaban J connectivity index is 4.43. The van der Waals surface area contributed by atoms with Gasteiger partial charge in [0.2, 0.25) is 5.91 Å². The Morgan fingerprint density at radius 3 is 2.58 bits per heavy atom. The van der Waals surface area contributed by atoms with Crippen LogP contribution in [0.15, 0.2) is 24.4 Å². The zero-order valence-corrected chi connectivity index (χ0v) is 9.67. The standard InChI is InChI=1S/C9H14INO/c1-4-6-8(3)11(5-2)9(12)7-10/h4,6H,1,5,7H2,2-3H3/b8-6+. The lowest BCUT2D eigenvalue weighted by atomic mass is 10.3. The number of allylic oxidation sites excluding steroid dienone is 3. The van der Waals surface area contributed by atoms with E-state index in [0.717, 1.165) is 12.2 Å². The molecule has 0 saturated carbocycles. The maximum absolute atomic E-state index is 11.3. The van der Waals surface area contributed by atoms with E-state index in [2.05, 4.69) is 29.2 Å². The third-order valence-corrected chi connectivity index (χ3v) is 2.17. The molecule has 0 N–H and O–H groups in total. The van der Waals surface area contributed by atoms with Crippen LogP contribution in [0.2, 0.25) is 0 Å². The van der Waals surface area contributed by atoms with Crippen LogP contribution >= 0.6 is 22.6 Å². The summed E-state index contributed by atoms with van der Waals surface area (Å²) in [6, 6.07) is 0. The Hall–Kier alpha value is -0.320. The fraction of sp³-hybridized carbons (Fsp3) is 0.444. The number of carbonyl (C=O) groups excluding carboxylic acids is 1. The number of hydrogen-bond donors (Lipinski definition) is 0. The average Bonchev–Trinajstić information content (AvgIpc) is 2.06. The van der Waals surface area contributed by atoms with Gasteiger partial charge in [-0.2, -0.15) is 0 Å². The van der Waals surface area contributed by atoms with Crippen LogP contribution in [0.4, 0.5) is 0 Å². The molecule has 2 nitrogen and oxygen atoms in total. The Labute approximate surface area is 87.5 Å². The smallest absolute Gasteiger partial charge is 0.236 e. The van der Waals surface area contributed by atoms with E-state index in [1.54, 1.807) is 11.0 Å². The Morgan fingerprint density at radius 2 is 2.25 bits per heavy atom. The van der Waals surface area contributed by atoms with Crippen LogP contribution in [0.1, 0.15) is 13.8 Å². The highest BCUT2D eigenvalue weighted by atomic mass is 127. The van der Waals surface area contributed by atoms with Crippen molar-refractivity contribution in [1.29, 1.82) is 0 Å². The molecular weight excluding hydrogens is 265 g/mol. The average molecular weight is 279 g/mol. The number of rotatable bonds is 4. The Kier molecular flexibility index (Phi) is 6.06. The zero-order valence-electron chi connectivity index (χ0n) is 7.51. The number of carbonyl (C=O) groups is 1. The van der Waals surface area contributed by atoms with Crippen LogP contribution in [-0.4, -0.2) is 21.8 Å². The van der Waals surface area contributed by atoms with Crippen molar-refractivity contribution in [1.82, 2.24) is 4.90 Å². The van der Waals surface area contributed by atoms with Crippen molar-refractivity contribution in [2.24, 2.45) is 0 Å². The summed E-state index contributed by atoms with van der Waals surface area (Å²) in [4.78, 5) is 13.0. The predicted molar refractivity (Wildman–Crippen MR) is 60.2 cm³/mol. The van der Waals surface area contributed by atoms with E-state index in [1.807, 2.05) is 19.9 Å². The van der Waals surface area contributed by atoms with E-state index in [-0.39, 0.29) is 5.91 Å². The highest BCUT2D eigenvalue weighted by Gasteiger charge is 2.09. The maximum atomic E-state index is 11.3. The monoisotopic (exact) mass is 279 g/mol. The first-order chi connectivity index (χ1) is 5.67. The lowest BCUT2D eigenvalue weighted by Gasteiger charge is -2.20. The van der Waals surface area contributed by atoms with Gasteiger partial charge in [-0.05, 0) is 19.9 Å². The molecule has 1 amide bonds. The van der Waals surface area contributed by atoms with Crippen LogP contribution in [0, 0.1) is 0 Å². The highest BCUT2D eigenvalue weighted by molar-refractivity contribution is 14.1. The number of hydrogen-bond acceptors (Lipinski definition) is 1. The maximum Gasteiger partial charge on any atom is 0.236 e. The minimum absolute atomic E-state index is 0.147. The molecule has 0 aliphatic carbocycles. The fourth-order valence-corrected chi connectivity index (χ4v) is 1.37. The van der Waals surface area contributed by atoms with Crippen molar-refractivity contribution in [3.05, 3.63) is 24.4 Å². The summed E-state index contributed by atoms with van der Waals surface area (Å²) in [6.07, 6.45) is 3.53. The largest absolute Gasteiger partial charge is 0.316 e. The highest BCUT2D eigenvalue weighted by Crippen LogP contribution is 2.05. The molecule has 0 radical (unpaired) electrons. The molecule has 68 valence electrons. The Bertz CT molecular complexity index is 199. The summed E-state index contributed by atoms with van der Waals surface area (Å²) in [5.41, 5.74) is 0.953. The molecule has 0 saturated heterocycles. The summed E-state index contributed by atoms with van der Waals surface area (Å²) < 4.78 is 0.522. The van der Waals surface area contributed by atoms with Crippen LogP contribution < -0.4 is 0 Å². The van der Waals surface area contributed by atoms with Crippen LogP contribution in [0.3, 0.4) is 0 Å². The second-order valence-corrected chi connectivity index (χ2v) is 3.08. The summed E-state index contributed by atoms with van der Waals surface area (Å²) in [7, 11) is 0. The molecule has 0 aliphatic rings. The van der Waals surface area contributed by atoms with Gasteiger partial charge in [-0.3, -0.25) is 4.79 Å². The minimum Gasteiger partial charge on any atom is -0.316 e. The molecule has 0 unspecified atom stereocenters. The molecule has 12 heavy (non-hydrogen) atoms. The van der Waals surface area contributed by atoms with E-state index in [1.165, 1.54) is 0 Å². The van der Waals surface area contributed by atoms with Gasteiger partial charge in [0.1, 0.15) is 0 Å². The zero-order chi connectivity index (χ0) is 9.56. The van der Waals surface area contributed by atoms with E-state index in [9.17, 15) is 4.79 Å². The molecule has 0 rings (SSSR count). The first kappa shape index (κ1) is 11.7. The van der Waals surface area contributed by atoms with Crippen molar-refractivity contribution in [2.45, 2.75) is 13.8 Å². The molecule has 0 aromatic carbocycles. The molecule has 0 atom stereocenters. The van der Waals surface area contributed by atoms with E-state index in [4.69, 9.17) is 0 Å². The molecule has 0 aliphatic heterocycles. The quantitative estimate of drug-likeness (QED) is 0.439. The number of alkyl halides is 1. The van der Waals surface area contributed by atoms with Crippen LogP contribution in [0.25, 0.3) is 0 Å². The van der Waals surface area contributed by atoms with Crippen molar-refractivity contribution >= 4 is 28.5 Å². The molecule has 0 heterocycles. The van der Waals surface area contributed by atoms with Gasteiger partial charge in [0.15, 0.2) is 0 Å². The second kappa shape index (κ2) is 6.22.